The van der Waals surface area contributed by atoms with Crippen molar-refractivity contribution < 1.29 is 19.8 Å². The number of fused-ring (bicyclic) bond motifs is 1. The number of carbonyl (C=O) groups excluding carboxylic acids is 1. The molecule has 0 unspecified atom stereocenters. The van der Waals surface area contributed by atoms with Crippen molar-refractivity contribution in [3.05, 3.63) is 36.0 Å². The van der Waals surface area contributed by atoms with E-state index in [-0.39, 0.29) is 23.9 Å². The van der Waals surface area contributed by atoms with Crippen molar-refractivity contribution in [3.63, 3.8) is 0 Å². The van der Waals surface area contributed by atoms with E-state index in [9.17, 15) is 9.90 Å². The van der Waals surface area contributed by atoms with Gasteiger partial charge in [0.25, 0.3) is 6.47 Å². The summed E-state index contributed by atoms with van der Waals surface area (Å²) < 4.78 is 2.09. The molecule has 2 atom stereocenters. The van der Waals surface area contributed by atoms with Gasteiger partial charge in [-0.2, -0.15) is 0 Å². The van der Waals surface area contributed by atoms with Crippen LogP contribution in [0.4, 0.5) is 0 Å². The number of para-hydroxylation sites is 1. The number of aryl methyl sites for hydroxylation is 1. The molecule has 1 aromatic carbocycles. The average Bonchev–Trinajstić information content (AvgIpc) is 3.02. The summed E-state index contributed by atoms with van der Waals surface area (Å²) in [4.78, 5) is 25.7. The number of carboxylic acid groups (broad SMARTS) is 1. The Morgan fingerprint density at radius 1 is 1.24 bits per heavy atom. The molecule has 1 amide bonds. The number of aliphatic hydroxyl groups excluding tert-OH is 1. The van der Waals surface area contributed by atoms with Crippen LogP contribution >= 0.6 is 0 Å². The predicted octanol–water partition coefficient (Wildman–Crippen LogP) is 1.73. The molecule has 7 nitrogen and oxygen atoms in total. The lowest BCUT2D eigenvalue weighted by Crippen LogP contribution is -2.59. The standard InChI is InChI=1S/C21H29N3O2.CH2O2/c1-22-11-8-19(25)21(14-22)9-5-10-24(15-21)20(26)12-16-13-23(2)18-7-4-3-6-17(16)18;2-1-3/h3-4,6-7,13,19,25H,5,8-12,14-15H2,1-2H3;1H,(H,2,3)/t19-,21-;/m0./s1. The number of aliphatic hydroxyl groups is 1. The van der Waals surface area contributed by atoms with E-state index in [2.05, 4.69) is 34.8 Å². The van der Waals surface area contributed by atoms with Crippen LogP contribution in [0, 0.1) is 5.41 Å². The monoisotopic (exact) mass is 401 g/mol. The molecule has 2 aliphatic rings. The van der Waals surface area contributed by atoms with Crippen molar-refractivity contribution in [2.24, 2.45) is 12.5 Å². The molecule has 1 aromatic heterocycles. The van der Waals surface area contributed by atoms with E-state index in [1.165, 1.54) is 0 Å². The van der Waals surface area contributed by atoms with Gasteiger partial charge in [0.1, 0.15) is 0 Å². The average molecular weight is 402 g/mol. The van der Waals surface area contributed by atoms with Crippen LogP contribution < -0.4 is 0 Å². The molecule has 2 N–H and O–H groups in total. The van der Waals surface area contributed by atoms with E-state index in [1.807, 2.05) is 24.1 Å². The normalized spacial score (nSPS) is 24.9. The third-order valence-corrected chi connectivity index (χ3v) is 6.36. The molecule has 1 spiro atoms. The van der Waals surface area contributed by atoms with Gasteiger partial charge in [0.2, 0.25) is 5.91 Å². The molecule has 3 heterocycles. The molecule has 29 heavy (non-hydrogen) atoms. The first-order chi connectivity index (χ1) is 13.9. The summed E-state index contributed by atoms with van der Waals surface area (Å²) in [7, 11) is 4.14. The number of aromatic nitrogens is 1. The molecule has 2 aliphatic heterocycles. The Balaban J connectivity index is 0.000000755. The maximum absolute atomic E-state index is 13.1. The number of carbonyl (C=O) groups is 2. The van der Waals surface area contributed by atoms with Crippen molar-refractivity contribution in [1.29, 1.82) is 0 Å². The second kappa shape index (κ2) is 8.97. The number of hydrogen-bond acceptors (Lipinski definition) is 4. The third kappa shape index (κ3) is 4.46. The van der Waals surface area contributed by atoms with Crippen LogP contribution in [0.25, 0.3) is 10.9 Å². The fraction of sp³-hybridized carbons (Fsp3) is 0.545. The second-order valence-corrected chi connectivity index (χ2v) is 8.39. The minimum absolute atomic E-state index is 0.153. The van der Waals surface area contributed by atoms with Gasteiger partial charge < -0.3 is 24.6 Å². The summed E-state index contributed by atoms with van der Waals surface area (Å²) in [5.74, 6) is 0.181. The maximum Gasteiger partial charge on any atom is 0.290 e. The zero-order valence-electron chi connectivity index (χ0n) is 17.3. The van der Waals surface area contributed by atoms with Crippen LogP contribution in [0.2, 0.25) is 0 Å². The highest BCUT2D eigenvalue weighted by molar-refractivity contribution is 5.89. The van der Waals surface area contributed by atoms with Gasteiger partial charge in [-0.25, -0.2) is 0 Å². The SMILES string of the molecule is CN1CC[C@H](O)[C@@]2(CCCN(C(=O)Cc3cn(C)c4ccccc34)C2)C1.O=CO. The molecule has 0 saturated carbocycles. The van der Waals surface area contributed by atoms with Crippen molar-refractivity contribution in [3.8, 4) is 0 Å². The minimum Gasteiger partial charge on any atom is -0.483 e. The summed E-state index contributed by atoms with van der Waals surface area (Å²) in [6.07, 6.45) is 5.01. The molecular formula is C22H31N3O4. The number of piperidine rings is 2. The Kier molecular flexibility index (Phi) is 6.59. The molecule has 2 aromatic rings. The first kappa shape index (κ1) is 21.3. The maximum atomic E-state index is 13.1. The fourth-order valence-corrected chi connectivity index (χ4v) is 4.99. The van der Waals surface area contributed by atoms with Gasteiger partial charge in [0, 0.05) is 55.7 Å². The van der Waals surface area contributed by atoms with Crippen LogP contribution in [0.3, 0.4) is 0 Å². The molecule has 4 rings (SSSR count). The predicted molar refractivity (Wildman–Crippen MR) is 112 cm³/mol. The Labute approximate surface area is 171 Å². The Bertz CT molecular complexity index is 865. The van der Waals surface area contributed by atoms with Gasteiger partial charge in [0.15, 0.2) is 0 Å². The van der Waals surface area contributed by atoms with E-state index < -0.39 is 0 Å². The molecule has 7 heteroatoms. The van der Waals surface area contributed by atoms with Crippen LogP contribution in [0.15, 0.2) is 30.5 Å². The number of nitrogens with zero attached hydrogens (tertiary/aromatic N) is 3. The van der Waals surface area contributed by atoms with Crippen LogP contribution in [0.5, 0.6) is 0 Å². The first-order valence-corrected chi connectivity index (χ1v) is 10.2. The van der Waals surface area contributed by atoms with Crippen molar-refractivity contribution >= 4 is 23.3 Å². The molecular weight excluding hydrogens is 370 g/mol. The van der Waals surface area contributed by atoms with E-state index in [0.29, 0.717) is 13.0 Å². The largest absolute Gasteiger partial charge is 0.483 e. The van der Waals surface area contributed by atoms with Crippen molar-refractivity contribution in [2.75, 3.05) is 33.2 Å². The van der Waals surface area contributed by atoms with Gasteiger partial charge in [-0.1, -0.05) is 18.2 Å². The van der Waals surface area contributed by atoms with Crippen LogP contribution in [-0.4, -0.2) is 76.3 Å². The number of rotatable bonds is 2. The van der Waals surface area contributed by atoms with E-state index in [0.717, 1.165) is 55.4 Å². The highest BCUT2D eigenvalue weighted by Crippen LogP contribution is 2.38. The van der Waals surface area contributed by atoms with E-state index in [4.69, 9.17) is 9.90 Å². The van der Waals surface area contributed by atoms with Gasteiger partial charge in [-0.05, 0) is 37.9 Å². The topological polar surface area (TPSA) is 86.0 Å². The fourth-order valence-electron chi connectivity index (χ4n) is 4.99. The zero-order chi connectivity index (χ0) is 21.0. The number of hydrogen-bond donors (Lipinski definition) is 2. The van der Waals surface area contributed by atoms with Crippen molar-refractivity contribution in [2.45, 2.75) is 31.8 Å². The zero-order valence-corrected chi connectivity index (χ0v) is 17.3. The van der Waals surface area contributed by atoms with Gasteiger partial charge in [-0.15, -0.1) is 0 Å². The first-order valence-electron chi connectivity index (χ1n) is 10.2. The Morgan fingerprint density at radius 2 is 1.97 bits per heavy atom. The van der Waals surface area contributed by atoms with Crippen LogP contribution in [0.1, 0.15) is 24.8 Å². The lowest BCUT2D eigenvalue weighted by Gasteiger charge is -2.50. The Hall–Kier alpha value is -2.38. The lowest BCUT2D eigenvalue weighted by molar-refractivity contribution is -0.140. The summed E-state index contributed by atoms with van der Waals surface area (Å²) in [6.45, 7) is 3.06. The van der Waals surface area contributed by atoms with Gasteiger partial charge in [-0.3, -0.25) is 9.59 Å². The number of likely N-dealkylation sites (tertiary alicyclic amines) is 2. The quantitative estimate of drug-likeness (QED) is 0.749. The molecule has 2 saturated heterocycles. The molecule has 2 fully saturated rings. The summed E-state index contributed by atoms with van der Waals surface area (Å²) in [5.41, 5.74) is 2.10. The number of amides is 1. The molecule has 0 bridgehead atoms. The number of benzene rings is 1. The summed E-state index contributed by atoms with van der Waals surface area (Å²) in [6, 6.07) is 8.24. The molecule has 0 aliphatic carbocycles. The van der Waals surface area contributed by atoms with Crippen LogP contribution in [-0.2, 0) is 23.1 Å². The third-order valence-electron chi connectivity index (χ3n) is 6.36. The second-order valence-electron chi connectivity index (χ2n) is 8.39. The molecule has 0 radical (unpaired) electrons. The highest BCUT2D eigenvalue weighted by atomic mass is 16.3. The lowest BCUT2D eigenvalue weighted by atomic mass is 9.71. The molecule has 158 valence electrons. The minimum atomic E-state index is -0.299. The smallest absolute Gasteiger partial charge is 0.290 e. The van der Waals surface area contributed by atoms with Gasteiger partial charge in [0.05, 0.1) is 12.5 Å². The highest BCUT2D eigenvalue weighted by Gasteiger charge is 2.45. The Morgan fingerprint density at radius 3 is 2.72 bits per heavy atom. The summed E-state index contributed by atoms with van der Waals surface area (Å²) in [5, 5.41) is 18.7. The van der Waals surface area contributed by atoms with E-state index in [1.54, 1.807) is 0 Å². The summed E-state index contributed by atoms with van der Waals surface area (Å²) >= 11 is 0. The van der Waals surface area contributed by atoms with Gasteiger partial charge >= 0.3 is 0 Å². The van der Waals surface area contributed by atoms with E-state index >= 15 is 0 Å². The van der Waals surface area contributed by atoms with Crippen molar-refractivity contribution in [1.82, 2.24) is 14.4 Å².